The van der Waals surface area contributed by atoms with Crippen LogP contribution in [0.4, 0.5) is 10.8 Å². The van der Waals surface area contributed by atoms with Crippen molar-refractivity contribution in [2.75, 3.05) is 17.7 Å². The quantitative estimate of drug-likeness (QED) is 0.922. The lowest BCUT2D eigenvalue weighted by Crippen LogP contribution is -2.15. The second kappa shape index (κ2) is 4.31. The fraction of sp³-hybridized carbons (Fsp3) is 0.417. The number of nitrogens with two attached hydrogens (primary N) is 1. The van der Waals surface area contributed by atoms with Gasteiger partial charge in [0.05, 0.1) is 6.54 Å². The van der Waals surface area contributed by atoms with Crippen molar-refractivity contribution in [3.8, 4) is 0 Å². The summed E-state index contributed by atoms with van der Waals surface area (Å²) in [5, 5.41) is 3.37. The largest absolute Gasteiger partial charge is 0.383 e. The molecule has 1 saturated carbocycles. The molecule has 3 rings (SSSR count). The summed E-state index contributed by atoms with van der Waals surface area (Å²) in [5.74, 6) is 1.40. The number of thiophene rings is 1. The predicted octanol–water partition coefficient (Wildman–Crippen LogP) is 3.30. The summed E-state index contributed by atoms with van der Waals surface area (Å²) >= 11 is 3.32. The Morgan fingerprint density at radius 3 is 3.00 bits per heavy atom. The van der Waals surface area contributed by atoms with Gasteiger partial charge >= 0.3 is 0 Å². The van der Waals surface area contributed by atoms with Gasteiger partial charge < -0.3 is 10.6 Å². The maximum atomic E-state index is 5.97. The van der Waals surface area contributed by atoms with Crippen LogP contribution >= 0.6 is 22.9 Å². The Morgan fingerprint density at radius 2 is 2.35 bits per heavy atom. The number of hydrogen-bond acceptors (Lipinski definition) is 5. The summed E-state index contributed by atoms with van der Waals surface area (Å²) in [5.41, 5.74) is 7.25. The Kier molecular flexibility index (Phi) is 2.80. The van der Waals surface area contributed by atoms with Gasteiger partial charge in [0, 0.05) is 17.5 Å². The highest BCUT2D eigenvalue weighted by Gasteiger charge is 2.31. The van der Waals surface area contributed by atoms with Gasteiger partial charge in [0.1, 0.15) is 10.8 Å². The molecule has 0 amide bonds. The minimum absolute atomic E-state index is 0.662. The molecule has 2 N–H and O–H groups in total. The molecule has 2 heterocycles. The second-order valence-corrected chi connectivity index (χ2v) is 6.28. The Hall–Kier alpha value is -1.07. The molecule has 1 fully saturated rings. The molecule has 0 radical (unpaired) electrons. The molecule has 0 spiro atoms. The third-order valence-corrected chi connectivity index (χ3v) is 4.90. The lowest BCUT2D eigenvalue weighted by molar-refractivity contribution is 0.938. The average Bonchev–Trinajstić information content (AvgIpc) is 2.86. The lowest BCUT2D eigenvalue weighted by atomic mass is 10.2. The van der Waals surface area contributed by atoms with E-state index in [2.05, 4.69) is 33.8 Å². The molecule has 5 heteroatoms. The van der Waals surface area contributed by atoms with Crippen LogP contribution in [0, 0.1) is 0 Å². The van der Waals surface area contributed by atoms with Crippen molar-refractivity contribution in [3.05, 3.63) is 28.0 Å². The zero-order valence-corrected chi connectivity index (χ0v) is 11.4. The first-order valence-electron chi connectivity index (χ1n) is 5.74. The van der Waals surface area contributed by atoms with E-state index in [1.165, 1.54) is 39.8 Å². The fourth-order valence-electron chi connectivity index (χ4n) is 2.04. The molecule has 1 aliphatic rings. The zero-order valence-electron chi connectivity index (χ0n) is 9.72. The Labute approximate surface area is 109 Å². The molecule has 0 atom stereocenters. The first kappa shape index (κ1) is 11.0. The normalized spacial score (nSPS) is 15.1. The molecule has 2 aromatic heterocycles. The third-order valence-electron chi connectivity index (χ3n) is 3.04. The Bertz CT molecular complexity index is 500. The molecule has 0 bridgehead atoms. The van der Waals surface area contributed by atoms with E-state index in [0.717, 1.165) is 12.4 Å². The van der Waals surface area contributed by atoms with Crippen LogP contribution in [0.3, 0.4) is 0 Å². The number of rotatable bonds is 4. The van der Waals surface area contributed by atoms with Gasteiger partial charge in [-0.05, 0) is 41.7 Å². The second-order valence-electron chi connectivity index (χ2n) is 4.50. The summed E-state index contributed by atoms with van der Waals surface area (Å²) in [6, 6.07) is 4.26. The number of anilines is 2. The lowest BCUT2D eigenvalue weighted by Gasteiger charge is -2.17. The van der Waals surface area contributed by atoms with E-state index < -0.39 is 0 Å². The SMILES string of the molecule is CN(Cc1cccs1)c1snc(N)c1C1CC1. The van der Waals surface area contributed by atoms with Gasteiger partial charge in [-0.15, -0.1) is 11.3 Å². The van der Waals surface area contributed by atoms with E-state index in [-0.39, 0.29) is 0 Å². The number of nitrogen functional groups attached to an aromatic ring is 1. The molecular weight excluding hydrogens is 250 g/mol. The van der Waals surface area contributed by atoms with Gasteiger partial charge in [0.15, 0.2) is 0 Å². The van der Waals surface area contributed by atoms with Gasteiger partial charge in [-0.3, -0.25) is 0 Å². The topological polar surface area (TPSA) is 42.2 Å². The van der Waals surface area contributed by atoms with E-state index in [1.807, 2.05) is 0 Å². The van der Waals surface area contributed by atoms with Crippen LogP contribution in [0.15, 0.2) is 17.5 Å². The number of hydrogen-bond donors (Lipinski definition) is 1. The minimum Gasteiger partial charge on any atom is -0.383 e. The first-order valence-corrected chi connectivity index (χ1v) is 7.39. The van der Waals surface area contributed by atoms with E-state index in [9.17, 15) is 0 Å². The van der Waals surface area contributed by atoms with Crippen molar-refractivity contribution in [1.29, 1.82) is 0 Å². The van der Waals surface area contributed by atoms with Crippen LogP contribution in [0.5, 0.6) is 0 Å². The van der Waals surface area contributed by atoms with Crippen molar-refractivity contribution in [2.45, 2.75) is 25.3 Å². The number of nitrogens with zero attached hydrogens (tertiary/aromatic N) is 2. The van der Waals surface area contributed by atoms with E-state index in [0.29, 0.717) is 5.92 Å². The minimum atomic E-state index is 0.662. The van der Waals surface area contributed by atoms with E-state index in [1.54, 1.807) is 11.3 Å². The van der Waals surface area contributed by atoms with Crippen LogP contribution in [-0.4, -0.2) is 11.4 Å². The monoisotopic (exact) mass is 265 g/mol. The standard InChI is InChI=1S/C12H15N3S2/c1-15(7-9-3-2-6-16-9)12-10(8-4-5-8)11(13)14-17-12/h2-3,6,8H,4-5,7H2,1H3,(H2,13,14). The van der Waals surface area contributed by atoms with Gasteiger partial charge in [0.25, 0.3) is 0 Å². The molecule has 0 saturated heterocycles. The maximum absolute atomic E-state index is 5.97. The molecule has 0 unspecified atom stereocenters. The molecule has 1 aliphatic carbocycles. The highest BCUT2D eigenvalue weighted by atomic mass is 32.1. The third kappa shape index (κ3) is 2.17. The highest BCUT2D eigenvalue weighted by Crippen LogP contribution is 2.48. The van der Waals surface area contributed by atoms with Crippen LogP contribution in [0.2, 0.25) is 0 Å². The summed E-state index contributed by atoms with van der Waals surface area (Å²) < 4.78 is 4.31. The van der Waals surface area contributed by atoms with E-state index in [4.69, 9.17) is 5.73 Å². The van der Waals surface area contributed by atoms with Crippen molar-refractivity contribution < 1.29 is 0 Å². The van der Waals surface area contributed by atoms with Crippen molar-refractivity contribution >= 4 is 33.7 Å². The maximum Gasteiger partial charge on any atom is 0.142 e. The summed E-state index contributed by atoms with van der Waals surface area (Å²) in [7, 11) is 2.12. The van der Waals surface area contributed by atoms with Crippen molar-refractivity contribution in [1.82, 2.24) is 4.37 Å². The van der Waals surface area contributed by atoms with E-state index >= 15 is 0 Å². The van der Waals surface area contributed by atoms with Gasteiger partial charge in [-0.25, -0.2) is 0 Å². The summed E-state index contributed by atoms with van der Waals surface area (Å²) in [6.45, 7) is 0.943. The molecule has 0 aromatic carbocycles. The smallest absolute Gasteiger partial charge is 0.142 e. The van der Waals surface area contributed by atoms with Crippen molar-refractivity contribution in [2.24, 2.45) is 0 Å². The van der Waals surface area contributed by atoms with Gasteiger partial charge in [-0.2, -0.15) is 4.37 Å². The molecular formula is C12H15N3S2. The molecule has 3 nitrogen and oxygen atoms in total. The molecule has 2 aromatic rings. The van der Waals surface area contributed by atoms with Crippen LogP contribution < -0.4 is 10.6 Å². The van der Waals surface area contributed by atoms with Gasteiger partial charge in [0.2, 0.25) is 0 Å². The average molecular weight is 265 g/mol. The zero-order chi connectivity index (χ0) is 11.8. The Morgan fingerprint density at radius 1 is 1.53 bits per heavy atom. The Balaban J connectivity index is 1.83. The molecule has 17 heavy (non-hydrogen) atoms. The highest BCUT2D eigenvalue weighted by molar-refractivity contribution is 7.11. The molecule has 90 valence electrons. The fourth-order valence-corrected chi connectivity index (χ4v) is 3.65. The van der Waals surface area contributed by atoms with Crippen LogP contribution in [0.25, 0.3) is 0 Å². The predicted molar refractivity (Wildman–Crippen MR) is 74.9 cm³/mol. The van der Waals surface area contributed by atoms with Crippen LogP contribution in [-0.2, 0) is 6.54 Å². The van der Waals surface area contributed by atoms with Gasteiger partial charge in [-0.1, -0.05) is 6.07 Å². The molecule has 0 aliphatic heterocycles. The number of aromatic nitrogens is 1. The van der Waals surface area contributed by atoms with Crippen molar-refractivity contribution in [3.63, 3.8) is 0 Å². The summed E-state index contributed by atoms with van der Waals surface area (Å²) in [6.07, 6.45) is 2.53. The van der Waals surface area contributed by atoms with Crippen LogP contribution in [0.1, 0.15) is 29.2 Å². The summed E-state index contributed by atoms with van der Waals surface area (Å²) in [4.78, 5) is 3.65. The first-order chi connectivity index (χ1) is 8.25.